The third-order valence-electron chi connectivity index (χ3n) is 6.61. The molecule has 0 rings (SSSR count). The van der Waals surface area contributed by atoms with Gasteiger partial charge >= 0.3 is 5.97 Å². The van der Waals surface area contributed by atoms with Crippen LogP contribution in [-0.4, -0.2) is 37.0 Å². The molecule has 1 atom stereocenters. The molecule has 0 aromatic rings. The number of hydrogen-bond acceptors (Lipinski definition) is 4. The average Bonchev–Trinajstić information content (AvgIpc) is 2.96. The number of carbonyl (C=O) groups excluding carboxylic acids is 1. The zero-order valence-corrected chi connectivity index (χ0v) is 26.1. The molecular formula is C36H62O4. The Morgan fingerprint density at radius 3 is 1.68 bits per heavy atom. The fraction of sp³-hybridized carbons (Fsp3) is 0.694. The summed E-state index contributed by atoms with van der Waals surface area (Å²) >= 11 is 0. The molecule has 0 amide bonds. The summed E-state index contributed by atoms with van der Waals surface area (Å²) in [5.74, 6) is -0.236. The first kappa shape index (κ1) is 38.1. The summed E-state index contributed by atoms with van der Waals surface area (Å²) in [5, 5.41) is 9.49. The number of hydrogen-bond donors (Lipinski definition) is 1. The summed E-state index contributed by atoms with van der Waals surface area (Å²) in [6.45, 7) is 5.16. The SMILES string of the molecule is CC/C=C\C/C=C\C/C=C\C/C=C\C/C=C\CCCCCC(=O)OC(CO)COCCCCCCCCCCC. The van der Waals surface area contributed by atoms with Crippen molar-refractivity contribution in [2.45, 2.75) is 142 Å². The molecule has 0 bridgehead atoms. The van der Waals surface area contributed by atoms with E-state index in [4.69, 9.17) is 9.47 Å². The number of rotatable bonds is 29. The van der Waals surface area contributed by atoms with E-state index in [1.807, 2.05) is 0 Å². The third kappa shape index (κ3) is 30.6. The quantitative estimate of drug-likeness (QED) is 0.0564. The van der Waals surface area contributed by atoms with Crippen molar-refractivity contribution < 1.29 is 19.4 Å². The van der Waals surface area contributed by atoms with Gasteiger partial charge in [-0.2, -0.15) is 0 Å². The Labute approximate surface area is 247 Å². The largest absolute Gasteiger partial charge is 0.457 e. The van der Waals surface area contributed by atoms with Crippen LogP contribution in [0.1, 0.15) is 136 Å². The van der Waals surface area contributed by atoms with Crippen molar-refractivity contribution in [3.8, 4) is 0 Å². The minimum absolute atomic E-state index is 0.187. The highest BCUT2D eigenvalue weighted by Gasteiger charge is 2.13. The summed E-state index contributed by atoms with van der Waals surface area (Å²) in [4.78, 5) is 12.1. The molecular weight excluding hydrogens is 496 g/mol. The lowest BCUT2D eigenvalue weighted by Gasteiger charge is -2.15. The second kappa shape index (κ2) is 33.3. The van der Waals surface area contributed by atoms with Gasteiger partial charge in [-0.05, 0) is 57.8 Å². The van der Waals surface area contributed by atoms with E-state index in [2.05, 4.69) is 74.6 Å². The second-order valence-electron chi connectivity index (χ2n) is 10.5. The molecule has 0 saturated carbocycles. The molecule has 40 heavy (non-hydrogen) atoms. The summed E-state index contributed by atoms with van der Waals surface area (Å²) < 4.78 is 11.0. The molecule has 4 nitrogen and oxygen atoms in total. The Morgan fingerprint density at radius 2 is 1.12 bits per heavy atom. The fourth-order valence-corrected chi connectivity index (χ4v) is 4.18. The molecule has 1 N–H and O–H groups in total. The normalized spacial score (nSPS) is 13.2. The molecule has 0 aliphatic carbocycles. The molecule has 0 aliphatic rings. The van der Waals surface area contributed by atoms with Gasteiger partial charge in [-0.15, -0.1) is 0 Å². The van der Waals surface area contributed by atoms with E-state index in [-0.39, 0.29) is 19.2 Å². The first-order valence-corrected chi connectivity index (χ1v) is 16.4. The van der Waals surface area contributed by atoms with Crippen LogP contribution in [0.5, 0.6) is 0 Å². The molecule has 0 heterocycles. The van der Waals surface area contributed by atoms with E-state index >= 15 is 0 Å². The monoisotopic (exact) mass is 558 g/mol. The van der Waals surface area contributed by atoms with Gasteiger partial charge in [0.2, 0.25) is 0 Å². The van der Waals surface area contributed by atoms with Crippen molar-refractivity contribution in [1.82, 2.24) is 0 Å². The summed E-state index contributed by atoms with van der Waals surface area (Å²) in [6.07, 6.45) is 42.5. The van der Waals surface area contributed by atoms with Crippen molar-refractivity contribution in [1.29, 1.82) is 0 Å². The van der Waals surface area contributed by atoms with Gasteiger partial charge in [-0.1, -0.05) is 132 Å². The number of esters is 1. The molecule has 0 fully saturated rings. The summed E-state index contributed by atoms with van der Waals surface area (Å²) in [6, 6.07) is 0. The van der Waals surface area contributed by atoms with Crippen molar-refractivity contribution in [2.24, 2.45) is 0 Å². The lowest BCUT2D eigenvalue weighted by atomic mass is 10.1. The van der Waals surface area contributed by atoms with Gasteiger partial charge in [0.15, 0.2) is 0 Å². The topological polar surface area (TPSA) is 55.8 Å². The highest BCUT2D eigenvalue weighted by molar-refractivity contribution is 5.69. The zero-order valence-electron chi connectivity index (χ0n) is 26.1. The molecule has 0 aromatic heterocycles. The lowest BCUT2D eigenvalue weighted by Crippen LogP contribution is -2.27. The maximum Gasteiger partial charge on any atom is 0.306 e. The number of carbonyl (C=O) groups is 1. The Hall–Kier alpha value is -1.91. The maximum absolute atomic E-state index is 12.1. The third-order valence-corrected chi connectivity index (χ3v) is 6.61. The highest BCUT2D eigenvalue weighted by atomic mass is 16.6. The predicted octanol–water partition coefficient (Wildman–Crippen LogP) is 10.1. The van der Waals surface area contributed by atoms with E-state index in [1.165, 1.54) is 51.4 Å². The number of unbranched alkanes of at least 4 members (excludes halogenated alkanes) is 11. The molecule has 0 aliphatic heterocycles. The maximum atomic E-state index is 12.1. The van der Waals surface area contributed by atoms with Crippen molar-refractivity contribution in [3.05, 3.63) is 60.8 Å². The van der Waals surface area contributed by atoms with E-state index in [0.29, 0.717) is 13.0 Å². The molecule has 0 radical (unpaired) electrons. The van der Waals surface area contributed by atoms with Crippen LogP contribution in [0, 0.1) is 0 Å². The Kier molecular flexibility index (Phi) is 31.7. The van der Waals surface area contributed by atoms with E-state index in [1.54, 1.807) is 0 Å². The first-order chi connectivity index (χ1) is 19.7. The number of ether oxygens (including phenoxy) is 2. The molecule has 0 saturated heterocycles. The van der Waals surface area contributed by atoms with Crippen LogP contribution >= 0.6 is 0 Å². The summed E-state index contributed by atoms with van der Waals surface area (Å²) in [7, 11) is 0. The predicted molar refractivity (Wildman–Crippen MR) is 173 cm³/mol. The highest BCUT2D eigenvalue weighted by Crippen LogP contribution is 2.10. The van der Waals surface area contributed by atoms with E-state index in [9.17, 15) is 9.90 Å². The minimum Gasteiger partial charge on any atom is -0.457 e. The van der Waals surface area contributed by atoms with Crippen molar-refractivity contribution in [2.75, 3.05) is 19.8 Å². The lowest BCUT2D eigenvalue weighted by molar-refractivity contribution is -0.154. The minimum atomic E-state index is -0.549. The van der Waals surface area contributed by atoms with Gasteiger partial charge in [0.25, 0.3) is 0 Å². The average molecular weight is 559 g/mol. The molecule has 1 unspecified atom stereocenters. The Morgan fingerprint density at radius 1 is 0.625 bits per heavy atom. The number of aliphatic hydroxyl groups is 1. The Bertz CT molecular complexity index is 674. The van der Waals surface area contributed by atoms with Crippen LogP contribution in [-0.2, 0) is 14.3 Å². The molecule has 0 aromatic carbocycles. The van der Waals surface area contributed by atoms with Crippen LogP contribution in [0.15, 0.2) is 60.8 Å². The number of allylic oxidation sites excluding steroid dienone is 10. The van der Waals surface area contributed by atoms with Gasteiger partial charge < -0.3 is 14.6 Å². The van der Waals surface area contributed by atoms with Crippen LogP contribution in [0.2, 0.25) is 0 Å². The van der Waals surface area contributed by atoms with E-state index in [0.717, 1.165) is 64.2 Å². The van der Waals surface area contributed by atoms with Gasteiger partial charge in [-0.3, -0.25) is 4.79 Å². The van der Waals surface area contributed by atoms with Gasteiger partial charge in [-0.25, -0.2) is 0 Å². The van der Waals surface area contributed by atoms with Crippen LogP contribution in [0.4, 0.5) is 0 Å². The van der Waals surface area contributed by atoms with Gasteiger partial charge in [0, 0.05) is 13.0 Å². The fourth-order valence-electron chi connectivity index (χ4n) is 4.18. The second-order valence-corrected chi connectivity index (χ2v) is 10.5. The molecule has 4 heteroatoms. The standard InChI is InChI=1S/C36H62O4/c1-3-5-7-9-11-13-14-15-16-17-18-19-20-21-22-23-25-27-29-31-36(38)40-35(33-37)34-39-32-30-28-26-24-12-10-8-6-4-2/h5,7,11,13,15-16,18-19,21-22,35,37H,3-4,6,8-10,12,14,17,20,23-34H2,1-2H3/b7-5-,13-11-,16-15-,19-18-,22-21-. The Balaban J connectivity index is 3.59. The zero-order chi connectivity index (χ0) is 29.2. The molecule has 0 spiro atoms. The molecule has 230 valence electrons. The smallest absolute Gasteiger partial charge is 0.306 e. The van der Waals surface area contributed by atoms with Crippen molar-refractivity contribution in [3.63, 3.8) is 0 Å². The van der Waals surface area contributed by atoms with Crippen molar-refractivity contribution >= 4 is 5.97 Å². The van der Waals surface area contributed by atoms with E-state index < -0.39 is 6.10 Å². The van der Waals surface area contributed by atoms with Gasteiger partial charge in [0.05, 0.1) is 13.2 Å². The van der Waals surface area contributed by atoms with Crippen LogP contribution in [0.25, 0.3) is 0 Å². The van der Waals surface area contributed by atoms with Crippen LogP contribution in [0.3, 0.4) is 0 Å². The first-order valence-electron chi connectivity index (χ1n) is 16.4. The van der Waals surface area contributed by atoms with Crippen LogP contribution < -0.4 is 0 Å². The summed E-state index contributed by atoms with van der Waals surface area (Å²) in [5.41, 5.74) is 0. The number of aliphatic hydroxyl groups excluding tert-OH is 1. The van der Waals surface area contributed by atoms with Gasteiger partial charge in [0.1, 0.15) is 6.10 Å².